The number of amides is 1. The maximum atomic E-state index is 12.4. The molecule has 5 heteroatoms. The van der Waals surface area contributed by atoms with Gasteiger partial charge in [0.2, 0.25) is 5.91 Å². The summed E-state index contributed by atoms with van der Waals surface area (Å²) >= 11 is 0. The molecule has 0 aliphatic heterocycles. The number of anilines is 1. The van der Waals surface area contributed by atoms with E-state index in [1.54, 1.807) is 48.8 Å². The molecule has 2 aromatic carbocycles. The summed E-state index contributed by atoms with van der Waals surface area (Å²) in [6.45, 7) is 3.78. The standard InChI is InChI=1S/C23H23N3O2/c1-2-26(16-18-12-14-24-15-13-18)17-22(27)25-21-10-8-20(9-11-21)23(28)19-6-4-3-5-7-19/h3-15H,2,16-17H2,1H3,(H,25,27). The van der Waals surface area contributed by atoms with Crippen LogP contribution in [-0.2, 0) is 11.3 Å². The fourth-order valence-corrected chi connectivity index (χ4v) is 2.89. The summed E-state index contributed by atoms with van der Waals surface area (Å²) in [6.07, 6.45) is 3.50. The molecule has 0 aliphatic carbocycles. The molecule has 1 amide bonds. The summed E-state index contributed by atoms with van der Waals surface area (Å²) in [5.41, 5.74) is 3.04. The maximum Gasteiger partial charge on any atom is 0.238 e. The zero-order valence-electron chi connectivity index (χ0n) is 15.8. The lowest BCUT2D eigenvalue weighted by molar-refractivity contribution is -0.117. The molecular weight excluding hydrogens is 350 g/mol. The lowest BCUT2D eigenvalue weighted by Gasteiger charge is -2.19. The predicted octanol–water partition coefficient (Wildman–Crippen LogP) is 3.77. The molecule has 0 aliphatic rings. The second-order valence-corrected chi connectivity index (χ2v) is 6.48. The number of aromatic nitrogens is 1. The summed E-state index contributed by atoms with van der Waals surface area (Å²) in [5.74, 6) is -0.119. The van der Waals surface area contributed by atoms with Gasteiger partial charge in [0.1, 0.15) is 0 Å². The smallest absolute Gasteiger partial charge is 0.238 e. The minimum atomic E-state index is -0.0851. The van der Waals surface area contributed by atoms with Crippen molar-refractivity contribution in [3.63, 3.8) is 0 Å². The molecule has 1 heterocycles. The van der Waals surface area contributed by atoms with E-state index >= 15 is 0 Å². The van der Waals surface area contributed by atoms with E-state index in [4.69, 9.17) is 0 Å². The minimum absolute atomic E-state index is 0.0343. The molecule has 0 bridgehead atoms. The molecule has 5 nitrogen and oxygen atoms in total. The number of likely N-dealkylation sites (N-methyl/N-ethyl adjacent to an activating group) is 1. The Morgan fingerprint density at radius 2 is 1.54 bits per heavy atom. The number of nitrogens with one attached hydrogen (secondary N) is 1. The Hall–Kier alpha value is -3.31. The molecule has 0 spiro atoms. The summed E-state index contributed by atoms with van der Waals surface area (Å²) in [7, 11) is 0. The number of benzene rings is 2. The molecule has 3 aromatic rings. The lowest BCUT2D eigenvalue weighted by atomic mass is 10.0. The number of ketones is 1. The van der Waals surface area contributed by atoms with Gasteiger partial charge in [-0.1, -0.05) is 37.3 Å². The van der Waals surface area contributed by atoms with Crippen molar-refractivity contribution in [3.05, 3.63) is 95.8 Å². The van der Waals surface area contributed by atoms with Crippen LogP contribution in [0.5, 0.6) is 0 Å². The van der Waals surface area contributed by atoms with Crippen LogP contribution in [0, 0.1) is 0 Å². The van der Waals surface area contributed by atoms with Crippen LogP contribution in [-0.4, -0.2) is 34.7 Å². The third-order valence-corrected chi connectivity index (χ3v) is 4.44. The van der Waals surface area contributed by atoms with Gasteiger partial charge in [0, 0.05) is 35.8 Å². The van der Waals surface area contributed by atoms with Gasteiger partial charge >= 0.3 is 0 Å². The van der Waals surface area contributed by atoms with E-state index in [0.717, 1.165) is 12.1 Å². The number of carbonyl (C=O) groups excluding carboxylic acids is 2. The zero-order chi connectivity index (χ0) is 19.8. The third-order valence-electron chi connectivity index (χ3n) is 4.44. The van der Waals surface area contributed by atoms with Crippen LogP contribution >= 0.6 is 0 Å². The predicted molar refractivity (Wildman–Crippen MR) is 110 cm³/mol. The van der Waals surface area contributed by atoms with E-state index < -0.39 is 0 Å². The Morgan fingerprint density at radius 3 is 2.18 bits per heavy atom. The molecule has 1 aromatic heterocycles. The molecule has 0 radical (unpaired) electrons. The summed E-state index contributed by atoms with van der Waals surface area (Å²) in [4.78, 5) is 30.9. The first kappa shape index (κ1) is 19.5. The van der Waals surface area contributed by atoms with Crippen LogP contribution in [0.1, 0.15) is 28.4 Å². The molecule has 142 valence electrons. The Kier molecular flexibility index (Phi) is 6.65. The van der Waals surface area contributed by atoms with Gasteiger partial charge in [0.25, 0.3) is 0 Å². The first-order valence-electron chi connectivity index (χ1n) is 9.26. The maximum absolute atomic E-state index is 12.4. The van der Waals surface area contributed by atoms with Gasteiger partial charge in [-0.05, 0) is 48.5 Å². The highest BCUT2D eigenvalue weighted by molar-refractivity contribution is 6.09. The average Bonchev–Trinajstić information content (AvgIpc) is 2.74. The number of carbonyl (C=O) groups is 2. The van der Waals surface area contributed by atoms with E-state index in [9.17, 15) is 9.59 Å². The molecule has 0 fully saturated rings. The number of rotatable bonds is 8. The fourth-order valence-electron chi connectivity index (χ4n) is 2.89. The van der Waals surface area contributed by atoms with Crippen molar-refractivity contribution in [2.24, 2.45) is 0 Å². The van der Waals surface area contributed by atoms with Crippen molar-refractivity contribution in [1.29, 1.82) is 0 Å². The number of hydrogen-bond acceptors (Lipinski definition) is 4. The lowest BCUT2D eigenvalue weighted by Crippen LogP contribution is -2.32. The molecular formula is C23H23N3O2. The topological polar surface area (TPSA) is 62.3 Å². The quantitative estimate of drug-likeness (QED) is 0.611. The zero-order valence-corrected chi connectivity index (χ0v) is 15.8. The molecule has 28 heavy (non-hydrogen) atoms. The van der Waals surface area contributed by atoms with E-state index in [1.807, 2.05) is 37.3 Å². The van der Waals surface area contributed by atoms with Gasteiger partial charge in [-0.2, -0.15) is 0 Å². The second kappa shape index (κ2) is 9.58. The first-order valence-corrected chi connectivity index (χ1v) is 9.26. The number of pyridine rings is 1. The van der Waals surface area contributed by atoms with Gasteiger partial charge in [0.15, 0.2) is 5.78 Å². The van der Waals surface area contributed by atoms with Crippen LogP contribution in [0.15, 0.2) is 79.1 Å². The van der Waals surface area contributed by atoms with Crippen LogP contribution in [0.25, 0.3) is 0 Å². The highest BCUT2D eigenvalue weighted by Crippen LogP contribution is 2.14. The molecule has 0 atom stereocenters. The van der Waals surface area contributed by atoms with E-state index in [2.05, 4.69) is 15.2 Å². The largest absolute Gasteiger partial charge is 0.325 e. The van der Waals surface area contributed by atoms with Gasteiger partial charge in [-0.15, -0.1) is 0 Å². The van der Waals surface area contributed by atoms with Crippen LogP contribution in [0.2, 0.25) is 0 Å². The van der Waals surface area contributed by atoms with Crippen molar-refractivity contribution in [2.45, 2.75) is 13.5 Å². The fraction of sp³-hybridized carbons (Fsp3) is 0.174. The van der Waals surface area contributed by atoms with Crippen LogP contribution < -0.4 is 5.32 Å². The van der Waals surface area contributed by atoms with Crippen molar-refractivity contribution in [1.82, 2.24) is 9.88 Å². The SMILES string of the molecule is CCN(CC(=O)Nc1ccc(C(=O)c2ccccc2)cc1)Cc1ccncc1. The summed E-state index contributed by atoms with van der Waals surface area (Å²) in [5, 5.41) is 2.89. The Labute approximate surface area is 165 Å². The molecule has 3 rings (SSSR count). The summed E-state index contributed by atoms with van der Waals surface area (Å²) < 4.78 is 0. The van der Waals surface area contributed by atoms with E-state index in [1.165, 1.54) is 0 Å². The monoisotopic (exact) mass is 373 g/mol. The van der Waals surface area contributed by atoms with Crippen LogP contribution in [0.3, 0.4) is 0 Å². The average molecular weight is 373 g/mol. The first-order chi connectivity index (χ1) is 13.7. The van der Waals surface area contributed by atoms with E-state index in [-0.39, 0.29) is 11.7 Å². The number of hydrogen-bond donors (Lipinski definition) is 1. The highest BCUT2D eigenvalue weighted by atomic mass is 16.2. The molecule has 0 saturated carbocycles. The van der Waals surface area contributed by atoms with Crippen molar-refractivity contribution in [2.75, 3.05) is 18.4 Å². The molecule has 0 unspecified atom stereocenters. The van der Waals surface area contributed by atoms with E-state index in [0.29, 0.717) is 29.9 Å². The van der Waals surface area contributed by atoms with Gasteiger partial charge < -0.3 is 5.32 Å². The Bertz CT molecular complexity index is 910. The normalized spacial score (nSPS) is 10.6. The van der Waals surface area contributed by atoms with Crippen molar-refractivity contribution >= 4 is 17.4 Å². The van der Waals surface area contributed by atoms with Gasteiger partial charge in [-0.25, -0.2) is 0 Å². The Balaban J connectivity index is 1.57. The summed E-state index contributed by atoms with van der Waals surface area (Å²) in [6, 6.07) is 20.0. The third kappa shape index (κ3) is 5.34. The molecule has 0 saturated heterocycles. The second-order valence-electron chi connectivity index (χ2n) is 6.48. The van der Waals surface area contributed by atoms with Crippen molar-refractivity contribution in [3.8, 4) is 0 Å². The minimum Gasteiger partial charge on any atom is -0.325 e. The number of nitrogens with zero attached hydrogens (tertiary/aromatic N) is 2. The van der Waals surface area contributed by atoms with Crippen molar-refractivity contribution < 1.29 is 9.59 Å². The Morgan fingerprint density at radius 1 is 0.893 bits per heavy atom. The molecule has 1 N–H and O–H groups in total. The van der Waals surface area contributed by atoms with Crippen LogP contribution in [0.4, 0.5) is 5.69 Å². The highest BCUT2D eigenvalue weighted by Gasteiger charge is 2.11. The van der Waals surface area contributed by atoms with Gasteiger partial charge in [0.05, 0.1) is 6.54 Å². The van der Waals surface area contributed by atoms with Gasteiger partial charge in [-0.3, -0.25) is 19.5 Å².